The van der Waals surface area contributed by atoms with E-state index in [9.17, 15) is 0 Å². The summed E-state index contributed by atoms with van der Waals surface area (Å²) in [5.41, 5.74) is 7.91. The summed E-state index contributed by atoms with van der Waals surface area (Å²) in [4.78, 5) is 0. The van der Waals surface area contributed by atoms with Crippen LogP contribution >= 0.6 is 0 Å². The third-order valence-corrected chi connectivity index (χ3v) is 1.80. The van der Waals surface area contributed by atoms with Gasteiger partial charge in [-0.3, -0.25) is 0 Å². The number of hydrogen-bond acceptors (Lipinski definition) is 3. The summed E-state index contributed by atoms with van der Waals surface area (Å²) in [6.45, 7) is -0.00699. The van der Waals surface area contributed by atoms with Crippen LogP contribution in [-0.2, 0) is 6.61 Å². The van der Waals surface area contributed by atoms with E-state index >= 15 is 0 Å². The van der Waals surface area contributed by atoms with E-state index in [0.717, 1.165) is 11.1 Å². The molecule has 2 rings (SSSR count). The van der Waals surface area contributed by atoms with Crippen LogP contribution in [0, 0.1) is 0 Å². The molecule has 0 unspecified atom stereocenters. The molecule has 0 atom stereocenters. The minimum Gasteiger partial charge on any atom is -0.399 e. The van der Waals surface area contributed by atoms with Gasteiger partial charge in [0.1, 0.15) is 0 Å². The van der Waals surface area contributed by atoms with E-state index in [0.29, 0.717) is 5.69 Å². The van der Waals surface area contributed by atoms with Gasteiger partial charge in [-0.05, 0) is 12.1 Å². The second-order valence-electron chi connectivity index (χ2n) is 2.62. The number of aromatic nitrogens is 2. The van der Waals surface area contributed by atoms with Crippen molar-refractivity contribution in [2.45, 2.75) is 6.61 Å². The molecule has 4 heteroatoms. The molecule has 0 aromatic carbocycles. The lowest BCUT2D eigenvalue weighted by Crippen LogP contribution is -1.90. The Morgan fingerprint density at radius 1 is 1.58 bits per heavy atom. The smallest absolute Gasteiger partial charge is 0.0737 e. The van der Waals surface area contributed by atoms with Gasteiger partial charge in [0.05, 0.1) is 18.3 Å². The van der Waals surface area contributed by atoms with Crippen molar-refractivity contribution in [2.75, 3.05) is 5.73 Å². The number of anilines is 1. The highest BCUT2D eigenvalue weighted by atomic mass is 16.3. The number of rotatable bonds is 1. The Labute approximate surface area is 69.2 Å². The van der Waals surface area contributed by atoms with Crippen LogP contribution in [0.4, 0.5) is 5.69 Å². The topological polar surface area (TPSA) is 63.5 Å². The average Bonchev–Trinajstić information content (AvgIpc) is 2.46. The molecule has 12 heavy (non-hydrogen) atoms. The number of nitrogen functional groups attached to an aromatic ring is 1. The second-order valence-corrected chi connectivity index (χ2v) is 2.62. The van der Waals surface area contributed by atoms with E-state index < -0.39 is 0 Å². The Morgan fingerprint density at radius 3 is 3.17 bits per heavy atom. The van der Waals surface area contributed by atoms with Crippen molar-refractivity contribution in [3.8, 4) is 0 Å². The van der Waals surface area contributed by atoms with Gasteiger partial charge in [-0.25, -0.2) is 4.52 Å². The Morgan fingerprint density at radius 2 is 2.42 bits per heavy atom. The van der Waals surface area contributed by atoms with Crippen LogP contribution in [0.1, 0.15) is 5.56 Å². The molecule has 0 saturated carbocycles. The van der Waals surface area contributed by atoms with Crippen molar-refractivity contribution in [3.05, 3.63) is 30.1 Å². The molecule has 0 bridgehead atoms. The fourth-order valence-electron chi connectivity index (χ4n) is 1.17. The molecular weight excluding hydrogens is 154 g/mol. The SMILES string of the molecule is Nc1ccn2ncc(CO)c2c1. The first-order valence-corrected chi connectivity index (χ1v) is 3.64. The number of nitrogens with two attached hydrogens (primary N) is 1. The van der Waals surface area contributed by atoms with E-state index in [4.69, 9.17) is 10.8 Å². The summed E-state index contributed by atoms with van der Waals surface area (Å²) in [5, 5.41) is 13.0. The highest BCUT2D eigenvalue weighted by molar-refractivity contribution is 5.60. The van der Waals surface area contributed by atoms with Gasteiger partial charge < -0.3 is 10.8 Å². The lowest BCUT2D eigenvalue weighted by atomic mass is 10.2. The first-order valence-electron chi connectivity index (χ1n) is 3.64. The van der Waals surface area contributed by atoms with Gasteiger partial charge in [0.2, 0.25) is 0 Å². The molecule has 2 aromatic heterocycles. The molecule has 3 N–H and O–H groups in total. The largest absolute Gasteiger partial charge is 0.399 e. The molecular formula is C8H9N3O. The number of nitrogens with zero attached hydrogens (tertiary/aromatic N) is 2. The second kappa shape index (κ2) is 2.49. The molecule has 2 heterocycles. The Kier molecular flexibility index (Phi) is 1.48. The minimum atomic E-state index is -0.00699. The minimum absolute atomic E-state index is 0.00699. The van der Waals surface area contributed by atoms with Gasteiger partial charge in [0.15, 0.2) is 0 Å². The van der Waals surface area contributed by atoms with E-state index in [2.05, 4.69) is 5.10 Å². The summed E-state index contributed by atoms with van der Waals surface area (Å²) < 4.78 is 1.68. The van der Waals surface area contributed by atoms with E-state index in [1.165, 1.54) is 0 Å². The molecule has 0 amide bonds. The maximum atomic E-state index is 8.92. The van der Waals surface area contributed by atoms with E-state index in [-0.39, 0.29) is 6.61 Å². The molecule has 0 spiro atoms. The Balaban J connectivity index is 2.75. The molecule has 2 aromatic rings. The zero-order valence-corrected chi connectivity index (χ0v) is 6.44. The number of fused-ring (bicyclic) bond motifs is 1. The Hall–Kier alpha value is -1.55. The zero-order chi connectivity index (χ0) is 8.55. The molecule has 4 nitrogen and oxygen atoms in total. The predicted octanol–water partition coefficient (Wildman–Crippen LogP) is 0.409. The van der Waals surface area contributed by atoms with Crippen LogP contribution in [0.15, 0.2) is 24.5 Å². The van der Waals surface area contributed by atoms with Crippen molar-refractivity contribution in [3.63, 3.8) is 0 Å². The van der Waals surface area contributed by atoms with E-state index in [1.807, 2.05) is 0 Å². The van der Waals surface area contributed by atoms with Gasteiger partial charge in [0.25, 0.3) is 0 Å². The number of aliphatic hydroxyl groups excluding tert-OH is 1. The summed E-state index contributed by atoms with van der Waals surface area (Å²) in [7, 11) is 0. The predicted molar refractivity (Wildman–Crippen MR) is 45.5 cm³/mol. The van der Waals surface area contributed by atoms with Crippen molar-refractivity contribution in [1.29, 1.82) is 0 Å². The van der Waals surface area contributed by atoms with Gasteiger partial charge in [0, 0.05) is 17.4 Å². The molecule has 62 valence electrons. The quantitative estimate of drug-likeness (QED) is 0.640. The van der Waals surface area contributed by atoms with Crippen LogP contribution in [-0.4, -0.2) is 14.7 Å². The summed E-state index contributed by atoms with van der Waals surface area (Å²) >= 11 is 0. The highest BCUT2D eigenvalue weighted by Crippen LogP contribution is 2.13. The number of hydrogen-bond donors (Lipinski definition) is 2. The maximum Gasteiger partial charge on any atom is 0.0737 e. The third kappa shape index (κ3) is 0.931. The van der Waals surface area contributed by atoms with Crippen LogP contribution in [0.2, 0.25) is 0 Å². The standard InChI is InChI=1S/C8H9N3O/c9-7-1-2-11-8(3-7)6(5-12)4-10-11/h1-4,12H,5,9H2. The zero-order valence-electron chi connectivity index (χ0n) is 6.44. The van der Waals surface area contributed by atoms with Crippen LogP contribution < -0.4 is 5.73 Å². The first-order chi connectivity index (χ1) is 5.81. The fraction of sp³-hybridized carbons (Fsp3) is 0.125. The summed E-state index contributed by atoms with van der Waals surface area (Å²) in [6.07, 6.45) is 3.40. The van der Waals surface area contributed by atoms with Crippen molar-refractivity contribution in [1.82, 2.24) is 9.61 Å². The van der Waals surface area contributed by atoms with Crippen molar-refractivity contribution in [2.24, 2.45) is 0 Å². The van der Waals surface area contributed by atoms with Gasteiger partial charge in [-0.1, -0.05) is 0 Å². The molecule has 0 aliphatic carbocycles. The lowest BCUT2D eigenvalue weighted by Gasteiger charge is -1.96. The number of aliphatic hydroxyl groups is 1. The summed E-state index contributed by atoms with van der Waals surface area (Å²) in [5.74, 6) is 0. The van der Waals surface area contributed by atoms with Crippen molar-refractivity contribution < 1.29 is 5.11 Å². The fourth-order valence-corrected chi connectivity index (χ4v) is 1.17. The van der Waals surface area contributed by atoms with Gasteiger partial charge >= 0.3 is 0 Å². The third-order valence-electron chi connectivity index (χ3n) is 1.80. The van der Waals surface area contributed by atoms with Crippen LogP contribution in [0.3, 0.4) is 0 Å². The first kappa shape index (κ1) is 7.12. The molecule has 0 aliphatic rings. The molecule has 0 fully saturated rings. The molecule has 0 saturated heterocycles. The van der Waals surface area contributed by atoms with Crippen LogP contribution in [0.5, 0.6) is 0 Å². The molecule has 0 aliphatic heterocycles. The average molecular weight is 163 g/mol. The normalized spacial score (nSPS) is 10.8. The highest BCUT2D eigenvalue weighted by Gasteiger charge is 2.01. The Bertz CT molecular complexity index is 408. The van der Waals surface area contributed by atoms with Gasteiger partial charge in [-0.2, -0.15) is 5.10 Å². The monoisotopic (exact) mass is 163 g/mol. The van der Waals surface area contributed by atoms with E-state index in [1.54, 1.807) is 29.0 Å². The summed E-state index contributed by atoms with van der Waals surface area (Å²) in [6, 6.07) is 3.56. The molecule has 0 radical (unpaired) electrons. The van der Waals surface area contributed by atoms with Crippen molar-refractivity contribution >= 4 is 11.2 Å². The van der Waals surface area contributed by atoms with Gasteiger partial charge in [-0.15, -0.1) is 0 Å². The lowest BCUT2D eigenvalue weighted by molar-refractivity contribution is 0.283. The number of pyridine rings is 1. The maximum absolute atomic E-state index is 8.92. The van der Waals surface area contributed by atoms with Crippen LogP contribution in [0.25, 0.3) is 5.52 Å².